The van der Waals surface area contributed by atoms with E-state index in [1.807, 2.05) is 12.1 Å². The molecule has 0 radical (unpaired) electrons. The van der Waals surface area contributed by atoms with Crippen molar-refractivity contribution in [3.8, 4) is 0 Å². The van der Waals surface area contributed by atoms with Gasteiger partial charge in [-0.3, -0.25) is 0 Å². The van der Waals surface area contributed by atoms with Crippen LogP contribution in [0, 0.1) is 0 Å². The van der Waals surface area contributed by atoms with Gasteiger partial charge in [-0.15, -0.1) is 11.3 Å². The summed E-state index contributed by atoms with van der Waals surface area (Å²) in [5.74, 6) is 0.976. The van der Waals surface area contributed by atoms with Gasteiger partial charge in [-0.05, 0) is 52.0 Å². The minimum atomic E-state index is 0.249. The van der Waals surface area contributed by atoms with Crippen LogP contribution >= 0.6 is 27.3 Å². The Bertz CT molecular complexity index is 410. The van der Waals surface area contributed by atoms with E-state index in [4.69, 9.17) is 4.42 Å². The van der Waals surface area contributed by atoms with Crippen molar-refractivity contribution >= 4 is 27.3 Å². The number of hydrogen-bond acceptors (Lipinski definition) is 3. The summed E-state index contributed by atoms with van der Waals surface area (Å²) in [5, 5.41) is 5.55. The van der Waals surface area contributed by atoms with E-state index >= 15 is 0 Å². The molecule has 1 N–H and O–H groups in total. The van der Waals surface area contributed by atoms with Crippen molar-refractivity contribution in [3.63, 3.8) is 0 Å². The Labute approximate surface area is 101 Å². The maximum absolute atomic E-state index is 5.32. The van der Waals surface area contributed by atoms with Crippen molar-refractivity contribution in [3.05, 3.63) is 45.0 Å². The third-order valence-electron chi connectivity index (χ3n) is 2.20. The molecule has 80 valence electrons. The van der Waals surface area contributed by atoms with Gasteiger partial charge in [0, 0.05) is 6.54 Å². The molecule has 4 heteroatoms. The first kappa shape index (κ1) is 10.9. The number of hydrogen-bond donors (Lipinski definition) is 1. The zero-order valence-corrected chi connectivity index (χ0v) is 10.8. The summed E-state index contributed by atoms with van der Waals surface area (Å²) in [7, 11) is 0. The molecule has 0 spiro atoms. The molecule has 0 aromatic carbocycles. The van der Waals surface area contributed by atoms with Crippen LogP contribution in [0.1, 0.15) is 24.3 Å². The highest BCUT2D eigenvalue weighted by Crippen LogP contribution is 2.21. The summed E-state index contributed by atoms with van der Waals surface area (Å²) in [4.78, 5) is 0. The predicted octanol–water partition coefficient (Wildman–Crippen LogP) is 3.95. The summed E-state index contributed by atoms with van der Waals surface area (Å²) in [6.07, 6.45) is 1.70. The molecule has 1 atom stereocenters. The van der Waals surface area contributed by atoms with E-state index in [1.165, 1.54) is 9.35 Å². The number of nitrogens with one attached hydrogen (secondary N) is 1. The van der Waals surface area contributed by atoms with Crippen LogP contribution in [0.3, 0.4) is 0 Å². The molecule has 2 heterocycles. The zero-order chi connectivity index (χ0) is 10.7. The first-order valence-electron chi connectivity index (χ1n) is 4.75. The van der Waals surface area contributed by atoms with E-state index in [9.17, 15) is 0 Å². The molecule has 0 bridgehead atoms. The number of rotatable bonds is 4. The van der Waals surface area contributed by atoms with Crippen molar-refractivity contribution in [1.29, 1.82) is 0 Å². The van der Waals surface area contributed by atoms with E-state index in [-0.39, 0.29) is 6.04 Å². The van der Waals surface area contributed by atoms with Gasteiger partial charge in [0.25, 0.3) is 0 Å². The molecule has 0 saturated carbocycles. The normalized spacial score (nSPS) is 12.9. The average Bonchev–Trinajstić information content (AvgIpc) is 2.84. The molecule has 2 aromatic heterocycles. The topological polar surface area (TPSA) is 25.2 Å². The van der Waals surface area contributed by atoms with Crippen LogP contribution in [0.4, 0.5) is 0 Å². The Morgan fingerprint density at radius 2 is 2.47 bits per heavy atom. The highest BCUT2D eigenvalue weighted by Gasteiger charge is 2.07. The van der Waals surface area contributed by atoms with Crippen molar-refractivity contribution < 1.29 is 4.42 Å². The van der Waals surface area contributed by atoms with Gasteiger partial charge in [-0.2, -0.15) is 0 Å². The van der Waals surface area contributed by atoms with Crippen LogP contribution in [-0.4, -0.2) is 0 Å². The Morgan fingerprint density at radius 3 is 3.07 bits per heavy atom. The van der Waals surface area contributed by atoms with Crippen molar-refractivity contribution in [1.82, 2.24) is 5.32 Å². The van der Waals surface area contributed by atoms with Gasteiger partial charge in [0.15, 0.2) is 0 Å². The maximum atomic E-state index is 5.32. The summed E-state index contributed by atoms with van der Waals surface area (Å²) >= 11 is 5.16. The first-order valence-corrected chi connectivity index (χ1v) is 6.42. The van der Waals surface area contributed by atoms with Gasteiger partial charge in [0.2, 0.25) is 0 Å². The lowest BCUT2D eigenvalue weighted by Crippen LogP contribution is -2.17. The molecule has 0 unspecified atom stereocenters. The van der Waals surface area contributed by atoms with Crippen molar-refractivity contribution in [2.45, 2.75) is 19.5 Å². The monoisotopic (exact) mass is 285 g/mol. The molecule has 0 saturated heterocycles. The van der Waals surface area contributed by atoms with Crippen molar-refractivity contribution in [2.75, 3.05) is 0 Å². The SMILES string of the molecule is C[C@@H](NCc1csc(Br)c1)c1ccco1. The van der Waals surface area contributed by atoms with E-state index in [0.29, 0.717) is 0 Å². The number of thiophene rings is 1. The third-order valence-corrected chi connectivity index (χ3v) is 3.76. The van der Waals surface area contributed by atoms with Crippen LogP contribution in [-0.2, 0) is 6.54 Å². The average molecular weight is 286 g/mol. The second kappa shape index (κ2) is 4.96. The smallest absolute Gasteiger partial charge is 0.120 e. The van der Waals surface area contributed by atoms with E-state index in [1.54, 1.807) is 17.6 Å². The Kier molecular flexibility index (Phi) is 3.61. The standard InChI is InChI=1S/C11H12BrNOS/c1-8(10-3-2-4-14-10)13-6-9-5-11(12)15-7-9/h2-5,7-8,13H,6H2,1H3/t8-/m1/s1. The molecule has 0 fully saturated rings. The maximum Gasteiger partial charge on any atom is 0.120 e. The lowest BCUT2D eigenvalue weighted by Gasteiger charge is -2.09. The van der Waals surface area contributed by atoms with Crippen LogP contribution in [0.25, 0.3) is 0 Å². The van der Waals surface area contributed by atoms with Crippen LogP contribution in [0.2, 0.25) is 0 Å². The van der Waals surface area contributed by atoms with Crippen LogP contribution in [0.15, 0.2) is 38.0 Å². The Balaban J connectivity index is 1.88. The summed E-state index contributed by atoms with van der Waals surface area (Å²) in [5.41, 5.74) is 1.30. The third kappa shape index (κ3) is 2.93. The van der Waals surface area contributed by atoms with E-state index in [2.05, 4.69) is 39.6 Å². The molecule has 0 aliphatic carbocycles. The fraction of sp³-hybridized carbons (Fsp3) is 0.273. The highest BCUT2D eigenvalue weighted by atomic mass is 79.9. The first-order chi connectivity index (χ1) is 7.25. The fourth-order valence-corrected chi connectivity index (χ4v) is 2.56. The summed E-state index contributed by atoms with van der Waals surface area (Å²) in [6, 6.07) is 6.28. The van der Waals surface area contributed by atoms with Gasteiger partial charge in [0.1, 0.15) is 5.76 Å². The van der Waals surface area contributed by atoms with E-state index in [0.717, 1.165) is 12.3 Å². The Morgan fingerprint density at radius 1 is 1.60 bits per heavy atom. The number of halogens is 1. The minimum absolute atomic E-state index is 0.249. The molecule has 0 aliphatic heterocycles. The van der Waals surface area contributed by atoms with Gasteiger partial charge < -0.3 is 9.73 Å². The Hall–Kier alpha value is -0.580. The largest absolute Gasteiger partial charge is 0.468 e. The van der Waals surface area contributed by atoms with E-state index < -0.39 is 0 Å². The second-order valence-corrected chi connectivity index (χ2v) is 5.67. The molecule has 15 heavy (non-hydrogen) atoms. The minimum Gasteiger partial charge on any atom is -0.468 e. The van der Waals surface area contributed by atoms with Crippen molar-refractivity contribution in [2.24, 2.45) is 0 Å². The highest BCUT2D eigenvalue weighted by molar-refractivity contribution is 9.11. The quantitative estimate of drug-likeness (QED) is 0.920. The fourth-order valence-electron chi connectivity index (χ4n) is 1.35. The molecule has 0 amide bonds. The number of furan rings is 1. The van der Waals surface area contributed by atoms with Crippen LogP contribution < -0.4 is 5.32 Å². The van der Waals surface area contributed by atoms with Gasteiger partial charge in [-0.1, -0.05) is 0 Å². The van der Waals surface area contributed by atoms with Crippen LogP contribution in [0.5, 0.6) is 0 Å². The molecule has 2 rings (SSSR count). The molecule has 2 nitrogen and oxygen atoms in total. The summed E-state index contributed by atoms with van der Waals surface area (Å²) in [6.45, 7) is 2.96. The zero-order valence-electron chi connectivity index (χ0n) is 8.37. The molecule has 0 aliphatic rings. The van der Waals surface area contributed by atoms with Gasteiger partial charge >= 0.3 is 0 Å². The van der Waals surface area contributed by atoms with Gasteiger partial charge in [-0.25, -0.2) is 0 Å². The second-order valence-electron chi connectivity index (χ2n) is 3.38. The summed E-state index contributed by atoms with van der Waals surface area (Å²) < 4.78 is 6.49. The predicted molar refractivity (Wildman–Crippen MR) is 66.0 cm³/mol. The molecular formula is C11H12BrNOS. The lowest BCUT2D eigenvalue weighted by atomic mass is 10.2. The lowest BCUT2D eigenvalue weighted by molar-refractivity contribution is 0.430. The molecule has 2 aromatic rings. The van der Waals surface area contributed by atoms with Gasteiger partial charge in [0.05, 0.1) is 16.1 Å². The molecular weight excluding hydrogens is 274 g/mol.